The van der Waals surface area contributed by atoms with Gasteiger partial charge < -0.3 is 14.8 Å². The first kappa shape index (κ1) is 24.8. The summed E-state index contributed by atoms with van der Waals surface area (Å²) < 4.78 is 10.7. The van der Waals surface area contributed by atoms with Gasteiger partial charge in [-0.15, -0.1) is 6.58 Å². The number of pyridine rings is 2. The first-order valence-corrected chi connectivity index (χ1v) is 10.4. The minimum Gasteiger partial charge on any atom is -0.444 e. The number of nitrogens with zero attached hydrogens (tertiary/aromatic N) is 2. The lowest BCUT2D eigenvalue weighted by molar-refractivity contribution is 0.0502. The molecule has 0 saturated carbocycles. The third-order valence-corrected chi connectivity index (χ3v) is 4.00. The van der Waals surface area contributed by atoms with Gasteiger partial charge in [-0.1, -0.05) is 6.08 Å². The summed E-state index contributed by atoms with van der Waals surface area (Å²) in [6.45, 7) is 14.6. The Balaban J connectivity index is 2.31. The molecule has 1 atom stereocenters. The van der Waals surface area contributed by atoms with Gasteiger partial charge in [0, 0.05) is 18.0 Å². The molecule has 0 spiro atoms. The van der Waals surface area contributed by atoms with Gasteiger partial charge in [0.25, 0.3) is 0 Å². The van der Waals surface area contributed by atoms with Gasteiger partial charge in [0.15, 0.2) is 0 Å². The molecule has 2 aromatic rings. The van der Waals surface area contributed by atoms with Crippen molar-refractivity contribution >= 4 is 17.9 Å². The van der Waals surface area contributed by atoms with Crippen LogP contribution in [-0.2, 0) is 9.47 Å². The number of amides is 2. The van der Waals surface area contributed by atoms with E-state index in [1.165, 1.54) is 0 Å². The van der Waals surface area contributed by atoms with Gasteiger partial charge in [0.1, 0.15) is 11.2 Å². The first-order valence-electron chi connectivity index (χ1n) is 10.4. The van der Waals surface area contributed by atoms with Gasteiger partial charge in [-0.25, -0.2) is 9.59 Å². The smallest absolute Gasteiger partial charge is 0.412 e. The van der Waals surface area contributed by atoms with Gasteiger partial charge in [-0.2, -0.15) is 0 Å². The Morgan fingerprint density at radius 2 is 1.72 bits per heavy atom. The molecular formula is C24H32N4O4. The topological polar surface area (TPSA) is 102 Å². The van der Waals surface area contributed by atoms with Crippen LogP contribution in [0.4, 0.5) is 15.3 Å². The standard InChI is InChI=1S/C24H32N4O4/c1-8-9-18(27-21(29)31-23(2,3)4)19-14-16(10-13-26-19)17-11-12-25-15-20(17)28-22(30)32-24(5,6)7/h8,10-15,18H,1,9H2,2-7H3,(H,27,29)(H,28,30)/t18-/m0/s1. The number of nitrogens with one attached hydrogen (secondary N) is 2. The molecule has 0 saturated heterocycles. The van der Waals surface area contributed by atoms with E-state index >= 15 is 0 Å². The number of carbonyl (C=O) groups excluding carboxylic acids is 2. The van der Waals surface area contributed by atoms with Crippen molar-refractivity contribution in [3.8, 4) is 11.1 Å². The lowest BCUT2D eigenvalue weighted by Gasteiger charge is -2.23. The second kappa shape index (κ2) is 10.3. The molecule has 2 aromatic heterocycles. The zero-order chi connectivity index (χ0) is 23.9. The molecule has 2 heterocycles. The van der Waals surface area contributed by atoms with Gasteiger partial charge in [0.2, 0.25) is 0 Å². The molecule has 2 rings (SSSR count). The monoisotopic (exact) mass is 440 g/mol. The Morgan fingerprint density at radius 1 is 1.06 bits per heavy atom. The Kier molecular flexibility index (Phi) is 7.97. The van der Waals surface area contributed by atoms with Crippen molar-refractivity contribution in [3.05, 3.63) is 55.1 Å². The van der Waals surface area contributed by atoms with Gasteiger partial charge >= 0.3 is 12.2 Å². The number of ether oxygens (including phenoxy) is 2. The fourth-order valence-corrected chi connectivity index (χ4v) is 2.84. The highest BCUT2D eigenvalue weighted by molar-refractivity contribution is 5.91. The normalized spacial score (nSPS) is 12.4. The van der Waals surface area contributed by atoms with Crippen LogP contribution in [0.15, 0.2) is 49.4 Å². The van der Waals surface area contributed by atoms with Crippen molar-refractivity contribution < 1.29 is 19.1 Å². The molecule has 0 unspecified atom stereocenters. The molecule has 32 heavy (non-hydrogen) atoms. The molecule has 0 fully saturated rings. The summed E-state index contributed by atoms with van der Waals surface area (Å²) in [6.07, 6.45) is 5.91. The van der Waals surface area contributed by atoms with Crippen LogP contribution in [0.1, 0.15) is 59.7 Å². The van der Waals surface area contributed by atoms with Crippen LogP contribution in [0.3, 0.4) is 0 Å². The fourth-order valence-electron chi connectivity index (χ4n) is 2.84. The zero-order valence-electron chi connectivity index (χ0n) is 19.6. The van der Waals surface area contributed by atoms with Crippen LogP contribution >= 0.6 is 0 Å². The van der Waals surface area contributed by atoms with E-state index in [0.29, 0.717) is 17.8 Å². The molecule has 0 aliphatic heterocycles. The molecule has 8 nitrogen and oxygen atoms in total. The summed E-state index contributed by atoms with van der Waals surface area (Å²) in [7, 11) is 0. The van der Waals surface area contributed by atoms with Crippen LogP contribution in [0.5, 0.6) is 0 Å². The molecule has 0 aliphatic rings. The number of hydrogen-bond donors (Lipinski definition) is 2. The average molecular weight is 441 g/mol. The number of alkyl carbamates (subject to hydrolysis) is 1. The second-order valence-corrected chi connectivity index (χ2v) is 9.24. The van der Waals surface area contributed by atoms with Gasteiger partial charge in [-0.05, 0) is 71.7 Å². The minimum absolute atomic E-state index is 0.425. The Bertz CT molecular complexity index is 961. The highest BCUT2D eigenvalue weighted by atomic mass is 16.6. The summed E-state index contributed by atoms with van der Waals surface area (Å²) in [5.74, 6) is 0. The van der Waals surface area contributed by atoms with Crippen molar-refractivity contribution in [2.75, 3.05) is 5.32 Å². The lowest BCUT2D eigenvalue weighted by Crippen LogP contribution is -2.35. The van der Waals surface area contributed by atoms with E-state index in [1.807, 2.05) is 12.1 Å². The summed E-state index contributed by atoms with van der Waals surface area (Å²) >= 11 is 0. The fraction of sp³-hybridized carbons (Fsp3) is 0.417. The highest BCUT2D eigenvalue weighted by Crippen LogP contribution is 2.29. The average Bonchev–Trinajstić information content (AvgIpc) is 2.65. The third-order valence-electron chi connectivity index (χ3n) is 4.00. The van der Waals surface area contributed by atoms with E-state index in [9.17, 15) is 9.59 Å². The molecular weight excluding hydrogens is 408 g/mol. The largest absolute Gasteiger partial charge is 0.444 e. The molecule has 2 N–H and O–H groups in total. The molecule has 0 radical (unpaired) electrons. The SMILES string of the molecule is C=CC[C@H](NC(=O)OC(C)(C)C)c1cc(-c2ccncc2NC(=O)OC(C)(C)C)ccn1. The second-order valence-electron chi connectivity index (χ2n) is 9.24. The predicted octanol–water partition coefficient (Wildman–Crippen LogP) is 5.63. The van der Waals surface area contributed by atoms with Crippen LogP contribution in [0, 0.1) is 0 Å². The summed E-state index contributed by atoms with van der Waals surface area (Å²) in [5, 5.41) is 5.59. The summed E-state index contributed by atoms with van der Waals surface area (Å²) in [4.78, 5) is 33.1. The Hall–Kier alpha value is -3.42. The number of anilines is 1. The molecule has 0 bridgehead atoms. The summed E-state index contributed by atoms with van der Waals surface area (Å²) in [6, 6.07) is 5.03. The quantitative estimate of drug-likeness (QED) is 0.564. The maximum atomic E-state index is 12.3. The lowest BCUT2D eigenvalue weighted by atomic mass is 10.0. The van der Waals surface area contributed by atoms with Crippen molar-refractivity contribution in [1.82, 2.24) is 15.3 Å². The molecule has 0 aromatic carbocycles. The Morgan fingerprint density at radius 3 is 2.34 bits per heavy atom. The molecule has 8 heteroatoms. The van der Waals surface area contributed by atoms with Crippen LogP contribution in [-0.4, -0.2) is 33.4 Å². The zero-order valence-corrected chi connectivity index (χ0v) is 19.6. The predicted molar refractivity (Wildman–Crippen MR) is 124 cm³/mol. The Labute approximate surface area is 189 Å². The number of carbonyl (C=O) groups is 2. The summed E-state index contributed by atoms with van der Waals surface area (Å²) in [5.41, 5.74) is 1.43. The maximum absolute atomic E-state index is 12.3. The molecule has 2 amide bonds. The van der Waals surface area contributed by atoms with E-state index < -0.39 is 29.4 Å². The van der Waals surface area contributed by atoms with Crippen LogP contribution < -0.4 is 10.6 Å². The third kappa shape index (κ3) is 8.02. The van der Waals surface area contributed by atoms with Crippen LogP contribution in [0.25, 0.3) is 11.1 Å². The van der Waals surface area contributed by atoms with E-state index in [4.69, 9.17) is 9.47 Å². The minimum atomic E-state index is -0.623. The van der Waals surface area contributed by atoms with Crippen molar-refractivity contribution in [3.63, 3.8) is 0 Å². The highest BCUT2D eigenvalue weighted by Gasteiger charge is 2.22. The number of aromatic nitrogens is 2. The van der Waals surface area contributed by atoms with E-state index in [0.717, 1.165) is 11.1 Å². The van der Waals surface area contributed by atoms with Crippen LogP contribution in [0.2, 0.25) is 0 Å². The van der Waals surface area contributed by atoms with Crippen molar-refractivity contribution in [2.45, 2.75) is 65.2 Å². The number of rotatable bonds is 6. The van der Waals surface area contributed by atoms with Crippen molar-refractivity contribution in [1.29, 1.82) is 0 Å². The van der Waals surface area contributed by atoms with E-state index in [2.05, 4.69) is 27.2 Å². The van der Waals surface area contributed by atoms with E-state index in [1.54, 1.807) is 72.3 Å². The number of hydrogen-bond acceptors (Lipinski definition) is 6. The molecule has 0 aliphatic carbocycles. The maximum Gasteiger partial charge on any atom is 0.412 e. The van der Waals surface area contributed by atoms with Gasteiger partial charge in [-0.3, -0.25) is 15.3 Å². The van der Waals surface area contributed by atoms with Crippen molar-refractivity contribution in [2.24, 2.45) is 0 Å². The van der Waals surface area contributed by atoms with Gasteiger partial charge in [0.05, 0.1) is 23.6 Å². The van der Waals surface area contributed by atoms with E-state index in [-0.39, 0.29) is 0 Å². The molecule has 172 valence electrons. The first-order chi connectivity index (χ1) is 14.9.